The Morgan fingerprint density at radius 1 is 1.00 bits per heavy atom. The van der Waals surface area contributed by atoms with Crippen LogP contribution in [0.5, 0.6) is 23.0 Å². The number of fused-ring (bicyclic) bond motifs is 1. The Labute approximate surface area is 131 Å². The number of ether oxygens (including phenoxy) is 2. The molecule has 0 unspecified atom stereocenters. The minimum absolute atomic E-state index is 0.0334. The maximum Gasteiger partial charge on any atom is 0.202 e. The molecule has 2 aromatic carbocycles. The summed E-state index contributed by atoms with van der Waals surface area (Å²) in [6.45, 7) is 0. The predicted molar refractivity (Wildman–Crippen MR) is 84.4 cm³/mol. The van der Waals surface area contributed by atoms with Gasteiger partial charge in [-0.2, -0.15) is 0 Å². The van der Waals surface area contributed by atoms with Crippen molar-refractivity contribution in [3.8, 4) is 34.1 Å². The van der Waals surface area contributed by atoms with E-state index in [1.165, 1.54) is 38.7 Å². The molecule has 0 saturated carbocycles. The lowest BCUT2D eigenvalue weighted by atomic mass is 10.0. The zero-order valence-corrected chi connectivity index (χ0v) is 12.5. The van der Waals surface area contributed by atoms with E-state index in [9.17, 15) is 15.0 Å². The monoisotopic (exact) mass is 314 g/mol. The molecule has 0 aliphatic rings. The van der Waals surface area contributed by atoms with Crippen molar-refractivity contribution in [2.45, 2.75) is 0 Å². The quantitative estimate of drug-likeness (QED) is 0.772. The third-order valence-corrected chi connectivity index (χ3v) is 3.59. The molecule has 0 bridgehead atoms. The van der Waals surface area contributed by atoms with Gasteiger partial charge in [0.15, 0.2) is 11.3 Å². The SMILES string of the molecule is COc1ccc(-c2coc3c(O)c(OC)ccc3c2=O)c(O)c1. The van der Waals surface area contributed by atoms with Gasteiger partial charge in [0.25, 0.3) is 0 Å². The first-order valence-corrected chi connectivity index (χ1v) is 6.75. The van der Waals surface area contributed by atoms with Gasteiger partial charge in [-0.15, -0.1) is 0 Å². The lowest BCUT2D eigenvalue weighted by Crippen LogP contribution is -2.05. The molecule has 3 aromatic rings. The molecule has 0 aliphatic carbocycles. The summed E-state index contributed by atoms with van der Waals surface area (Å²) in [4.78, 5) is 12.6. The fourth-order valence-corrected chi connectivity index (χ4v) is 2.38. The highest BCUT2D eigenvalue weighted by atomic mass is 16.5. The minimum atomic E-state index is -0.371. The molecule has 1 heterocycles. The number of rotatable bonds is 3. The highest BCUT2D eigenvalue weighted by molar-refractivity contribution is 5.88. The van der Waals surface area contributed by atoms with Crippen molar-refractivity contribution in [2.24, 2.45) is 0 Å². The van der Waals surface area contributed by atoms with Gasteiger partial charge in [-0.25, -0.2) is 0 Å². The molecule has 0 aliphatic heterocycles. The molecule has 0 fully saturated rings. The normalized spacial score (nSPS) is 10.7. The lowest BCUT2D eigenvalue weighted by Gasteiger charge is -2.09. The van der Waals surface area contributed by atoms with Gasteiger partial charge in [0.1, 0.15) is 17.8 Å². The summed E-state index contributed by atoms with van der Waals surface area (Å²) in [5, 5.41) is 20.3. The average molecular weight is 314 g/mol. The molecule has 1 aromatic heterocycles. The number of hydrogen-bond acceptors (Lipinski definition) is 6. The van der Waals surface area contributed by atoms with Crippen LogP contribution in [0, 0.1) is 0 Å². The van der Waals surface area contributed by atoms with Crippen LogP contribution in [-0.4, -0.2) is 24.4 Å². The number of aromatic hydroxyl groups is 2. The number of hydrogen-bond donors (Lipinski definition) is 2. The van der Waals surface area contributed by atoms with Crippen LogP contribution in [0.15, 0.2) is 45.8 Å². The average Bonchev–Trinajstić information content (AvgIpc) is 2.56. The zero-order valence-electron chi connectivity index (χ0n) is 12.5. The Morgan fingerprint density at radius 3 is 2.43 bits per heavy atom. The summed E-state index contributed by atoms with van der Waals surface area (Å²) in [5.74, 6) is 0.334. The van der Waals surface area contributed by atoms with Crippen molar-refractivity contribution in [1.29, 1.82) is 0 Å². The van der Waals surface area contributed by atoms with Crippen molar-refractivity contribution in [1.82, 2.24) is 0 Å². The van der Waals surface area contributed by atoms with Crippen LogP contribution in [0.1, 0.15) is 0 Å². The smallest absolute Gasteiger partial charge is 0.202 e. The first-order chi connectivity index (χ1) is 11.1. The number of phenolic OH excluding ortho intramolecular Hbond substituents is 2. The molecule has 118 valence electrons. The summed E-state index contributed by atoms with van der Waals surface area (Å²) in [6.07, 6.45) is 1.20. The molecule has 6 heteroatoms. The highest BCUT2D eigenvalue weighted by Crippen LogP contribution is 2.36. The summed E-state index contributed by atoms with van der Waals surface area (Å²) in [6, 6.07) is 7.58. The van der Waals surface area contributed by atoms with E-state index in [0.717, 1.165) is 0 Å². The molecular weight excluding hydrogens is 300 g/mol. The van der Waals surface area contributed by atoms with Crippen molar-refractivity contribution in [2.75, 3.05) is 14.2 Å². The third-order valence-electron chi connectivity index (χ3n) is 3.59. The first kappa shape index (κ1) is 14.8. The fourth-order valence-electron chi connectivity index (χ4n) is 2.38. The fraction of sp³-hybridized carbons (Fsp3) is 0.118. The van der Waals surface area contributed by atoms with Gasteiger partial charge in [0, 0.05) is 11.6 Å². The van der Waals surface area contributed by atoms with E-state index >= 15 is 0 Å². The lowest BCUT2D eigenvalue weighted by molar-refractivity contribution is 0.371. The van der Waals surface area contributed by atoms with Gasteiger partial charge >= 0.3 is 0 Å². The first-order valence-electron chi connectivity index (χ1n) is 6.75. The highest BCUT2D eigenvalue weighted by Gasteiger charge is 2.17. The van der Waals surface area contributed by atoms with Gasteiger partial charge in [0.05, 0.1) is 25.2 Å². The second kappa shape index (κ2) is 5.57. The zero-order chi connectivity index (χ0) is 16.6. The number of phenols is 2. The second-order valence-electron chi connectivity index (χ2n) is 4.85. The van der Waals surface area contributed by atoms with Gasteiger partial charge < -0.3 is 24.1 Å². The summed E-state index contributed by atoms with van der Waals surface area (Å²) in [5.41, 5.74) is 0.162. The predicted octanol–water partition coefficient (Wildman–Crippen LogP) is 2.89. The standard InChI is InChI=1S/C17H14O6/c1-21-9-3-4-10(13(18)7-9)12-8-23-17-11(15(12)19)5-6-14(22-2)16(17)20/h3-8,18,20H,1-2H3. The van der Waals surface area contributed by atoms with Crippen molar-refractivity contribution >= 4 is 11.0 Å². The van der Waals surface area contributed by atoms with E-state index in [1.54, 1.807) is 12.1 Å². The Hall–Kier alpha value is -3.15. The van der Waals surface area contributed by atoms with E-state index in [1.807, 2.05) is 0 Å². The van der Waals surface area contributed by atoms with Crippen LogP contribution in [-0.2, 0) is 0 Å². The van der Waals surface area contributed by atoms with Gasteiger partial charge in [0.2, 0.25) is 11.2 Å². The largest absolute Gasteiger partial charge is 0.507 e. The van der Waals surface area contributed by atoms with Gasteiger partial charge in [-0.1, -0.05) is 0 Å². The van der Waals surface area contributed by atoms with Crippen LogP contribution < -0.4 is 14.9 Å². The maximum absolute atomic E-state index is 12.6. The molecule has 6 nitrogen and oxygen atoms in total. The molecule has 3 rings (SSSR count). The van der Waals surface area contributed by atoms with Crippen molar-refractivity contribution in [3.05, 3.63) is 46.8 Å². The maximum atomic E-state index is 12.6. The molecule has 0 atom stereocenters. The molecule has 0 spiro atoms. The summed E-state index contributed by atoms with van der Waals surface area (Å²) >= 11 is 0. The third kappa shape index (κ3) is 2.34. The van der Waals surface area contributed by atoms with Crippen LogP contribution in [0.25, 0.3) is 22.1 Å². The minimum Gasteiger partial charge on any atom is -0.507 e. The number of methoxy groups -OCH3 is 2. The topological polar surface area (TPSA) is 89.1 Å². The van der Waals surface area contributed by atoms with Crippen molar-refractivity contribution < 1.29 is 24.1 Å². The molecule has 0 radical (unpaired) electrons. The van der Waals surface area contributed by atoms with E-state index in [2.05, 4.69) is 0 Å². The van der Waals surface area contributed by atoms with Crippen molar-refractivity contribution in [3.63, 3.8) is 0 Å². The van der Waals surface area contributed by atoms with E-state index in [0.29, 0.717) is 11.3 Å². The van der Waals surface area contributed by atoms with E-state index < -0.39 is 0 Å². The van der Waals surface area contributed by atoms with Gasteiger partial charge in [-0.3, -0.25) is 4.79 Å². The Morgan fingerprint density at radius 2 is 1.78 bits per heavy atom. The number of benzene rings is 2. The molecule has 23 heavy (non-hydrogen) atoms. The summed E-state index contributed by atoms with van der Waals surface area (Å²) < 4.78 is 15.4. The van der Waals surface area contributed by atoms with Crippen LogP contribution in [0.2, 0.25) is 0 Å². The molecule has 0 saturated heterocycles. The molecule has 0 amide bonds. The van der Waals surface area contributed by atoms with Gasteiger partial charge in [-0.05, 0) is 24.3 Å². The van der Waals surface area contributed by atoms with Crippen LogP contribution >= 0.6 is 0 Å². The molecule has 2 N–H and O–H groups in total. The Kier molecular flexibility index (Phi) is 3.57. The van der Waals surface area contributed by atoms with Crippen LogP contribution in [0.4, 0.5) is 0 Å². The summed E-state index contributed by atoms with van der Waals surface area (Å²) in [7, 11) is 2.89. The Bertz CT molecular complexity index is 942. The molecular formula is C17H14O6. The van der Waals surface area contributed by atoms with Crippen LogP contribution in [0.3, 0.4) is 0 Å². The van der Waals surface area contributed by atoms with E-state index in [-0.39, 0.29) is 39.2 Å². The second-order valence-corrected chi connectivity index (χ2v) is 4.85. The Balaban J connectivity index is 2.25. The van der Waals surface area contributed by atoms with E-state index in [4.69, 9.17) is 13.9 Å².